The Labute approximate surface area is 138 Å². The maximum atomic E-state index is 12.1. The Bertz CT molecular complexity index is 695. The van der Waals surface area contributed by atoms with Crippen LogP contribution in [0.2, 0.25) is 5.02 Å². The molecule has 2 atom stereocenters. The quantitative estimate of drug-likeness (QED) is 0.845. The fourth-order valence-corrected chi connectivity index (χ4v) is 2.34. The third-order valence-corrected chi connectivity index (χ3v) is 3.56. The van der Waals surface area contributed by atoms with E-state index in [2.05, 4.69) is 5.32 Å². The predicted molar refractivity (Wildman–Crippen MR) is 83.8 cm³/mol. The Morgan fingerprint density at radius 3 is 2.30 bits per heavy atom. The molecule has 0 saturated heterocycles. The predicted octanol–water partition coefficient (Wildman–Crippen LogP) is 3.14. The highest BCUT2D eigenvalue weighted by Gasteiger charge is 2.23. The van der Waals surface area contributed by atoms with Crippen LogP contribution in [0.3, 0.4) is 0 Å². The zero-order valence-electron chi connectivity index (χ0n) is 12.6. The van der Waals surface area contributed by atoms with Gasteiger partial charge in [-0.1, -0.05) is 23.7 Å². The van der Waals surface area contributed by atoms with Crippen molar-refractivity contribution >= 4 is 23.5 Å². The maximum absolute atomic E-state index is 12.1. The molecule has 1 heterocycles. The highest BCUT2D eigenvalue weighted by Crippen LogP contribution is 2.23. The molecule has 0 bridgehead atoms. The highest BCUT2D eigenvalue weighted by atomic mass is 35.5. The van der Waals surface area contributed by atoms with Crippen molar-refractivity contribution in [3.63, 3.8) is 0 Å². The first-order valence-corrected chi connectivity index (χ1v) is 7.22. The van der Waals surface area contributed by atoms with E-state index in [1.165, 1.54) is 19.2 Å². The van der Waals surface area contributed by atoms with Gasteiger partial charge in [0, 0.05) is 12.1 Å². The van der Waals surface area contributed by atoms with E-state index >= 15 is 0 Å². The molecular formula is C16H16ClNO5. The lowest BCUT2D eigenvalue weighted by Gasteiger charge is -2.23. The molecule has 0 spiro atoms. The molecule has 6 nitrogen and oxygen atoms in total. The van der Waals surface area contributed by atoms with Gasteiger partial charge in [0.05, 0.1) is 6.04 Å². The fraction of sp³-hybridized carbons (Fsp3) is 0.250. The van der Waals surface area contributed by atoms with E-state index in [0.717, 1.165) is 5.56 Å². The number of carbonyl (C=O) groups excluding carboxylic acids is 1. The average molecular weight is 338 g/mol. The summed E-state index contributed by atoms with van der Waals surface area (Å²) in [5.41, 5.74) is 0.857. The van der Waals surface area contributed by atoms with E-state index < -0.39 is 11.9 Å². The minimum absolute atomic E-state index is 0.0693. The summed E-state index contributed by atoms with van der Waals surface area (Å²) in [5.74, 6) is -2.10. The van der Waals surface area contributed by atoms with Crippen LogP contribution in [0, 0.1) is 0 Å². The lowest BCUT2D eigenvalue weighted by Crippen LogP contribution is -2.37. The fourth-order valence-electron chi connectivity index (χ4n) is 2.21. The molecule has 0 fully saturated rings. The van der Waals surface area contributed by atoms with Gasteiger partial charge < -0.3 is 19.6 Å². The minimum atomic E-state index is -1.23. The number of nitrogens with one attached hydrogen (secondary N) is 1. The molecule has 1 aromatic heterocycles. The number of methoxy groups -OCH3 is 1. The molecule has 1 aromatic carbocycles. The van der Waals surface area contributed by atoms with Crippen LogP contribution in [0.15, 0.2) is 40.8 Å². The summed E-state index contributed by atoms with van der Waals surface area (Å²) in [6.45, 7) is 1.78. The van der Waals surface area contributed by atoms with Crippen LogP contribution in [0.4, 0.5) is 0 Å². The van der Waals surface area contributed by atoms with Crippen LogP contribution in [0.5, 0.6) is 0 Å². The van der Waals surface area contributed by atoms with Gasteiger partial charge in [-0.05, 0) is 36.8 Å². The van der Waals surface area contributed by atoms with E-state index in [9.17, 15) is 9.59 Å². The summed E-state index contributed by atoms with van der Waals surface area (Å²) in [4.78, 5) is 22.9. The highest BCUT2D eigenvalue weighted by molar-refractivity contribution is 6.30. The molecule has 0 saturated carbocycles. The number of carboxylic acids is 1. The summed E-state index contributed by atoms with van der Waals surface area (Å²) >= 11 is 5.86. The van der Waals surface area contributed by atoms with Crippen LogP contribution < -0.4 is 5.32 Å². The Hall–Kier alpha value is -2.31. The second kappa shape index (κ2) is 7.30. The third-order valence-electron chi connectivity index (χ3n) is 3.31. The van der Waals surface area contributed by atoms with Gasteiger partial charge in [-0.2, -0.15) is 0 Å². The first-order valence-electron chi connectivity index (χ1n) is 6.84. The second-order valence-corrected chi connectivity index (χ2v) is 5.38. The largest absolute Gasteiger partial charge is 0.475 e. The number of amides is 1. The van der Waals surface area contributed by atoms with Crippen molar-refractivity contribution in [2.45, 2.75) is 19.1 Å². The molecule has 0 aliphatic heterocycles. The standard InChI is InChI=1S/C16H16ClNO5/c1-9(14(22-2)10-3-5-11(17)6-4-10)18-15(19)12-7-8-13(23-12)16(20)21/h3-9,14H,1-2H3,(H,18,19)(H,20,21). The molecule has 1 amide bonds. The Morgan fingerprint density at radius 1 is 1.17 bits per heavy atom. The van der Waals surface area contributed by atoms with Crippen LogP contribution >= 0.6 is 11.6 Å². The third kappa shape index (κ3) is 4.12. The lowest BCUT2D eigenvalue weighted by molar-refractivity contribution is 0.0621. The van der Waals surface area contributed by atoms with E-state index in [1.54, 1.807) is 19.1 Å². The molecule has 0 aliphatic carbocycles. The van der Waals surface area contributed by atoms with E-state index in [4.69, 9.17) is 25.9 Å². The number of carbonyl (C=O) groups is 2. The SMILES string of the molecule is COC(c1ccc(Cl)cc1)C(C)NC(=O)c1ccc(C(=O)O)o1. The first kappa shape index (κ1) is 17.1. The van der Waals surface area contributed by atoms with E-state index in [1.807, 2.05) is 12.1 Å². The van der Waals surface area contributed by atoms with Crippen molar-refractivity contribution in [2.75, 3.05) is 7.11 Å². The van der Waals surface area contributed by atoms with Crippen molar-refractivity contribution < 1.29 is 23.8 Å². The van der Waals surface area contributed by atoms with Gasteiger partial charge in [-0.25, -0.2) is 4.79 Å². The smallest absolute Gasteiger partial charge is 0.371 e. The number of rotatable bonds is 6. The summed E-state index contributed by atoms with van der Waals surface area (Å²) in [6, 6.07) is 9.28. The summed E-state index contributed by atoms with van der Waals surface area (Å²) in [7, 11) is 1.54. The number of furan rings is 1. The average Bonchev–Trinajstić information content (AvgIpc) is 3.00. The molecule has 2 rings (SSSR count). The molecule has 122 valence electrons. The summed E-state index contributed by atoms with van der Waals surface area (Å²) in [6.07, 6.45) is -0.384. The van der Waals surface area contributed by atoms with Crippen molar-refractivity contribution in [3.05, 3.63) is 58.5 Å². The van der Waals surface area contributed by atoms with Gasteiger partial charge in [0.25, 0.3) is 5.91 Å². The van der Waals surface area contributed by atoms with Crippen molar-refractivity contribution in [2.24, 2.45) is 0 Å². The molecule has 23 heavy (non-hydrogen) atoms. The molecule has 7 heteroatoms. The van der Waals surface area contributed by atoms with Crippen LogP contribution in [-0.4, -0.2) is 30.1 Å². The zero-order valence-corrected chi connectivity index (χ0v) is 13.3. The van der Waals surface area contributed by atoms with Crippen LogP contribution in [-0.2, 0) is 4.74 Å². The number of aromatic carboxylic acids is 1. The van der Waals surface area contributed by atoms with Crippen molar-refractivity contribution in [1.29, 1.82) is 0 Å². The monoisotopic (exact) mass is 337 g/mol. The molecular weight excluding hydrogens is 322 g/mol. The Balaban J connectivity index is 2.08. The number of ether oxygens (including phenoxy) is 1. The zero-order chi connectivity index (χ0) is 17.0. The second-order valence-electron chi connectivity index (χ2n) is 4.94. The van der Waals surface area contributed by atoms with Crippen molar-refractivity contribution in [3.8, 4) is 0 Å². The number of hydrogen-bond donors (Lipinski definition) is 2. The maximum Gasteiger partial charge on any atom is 0.371 e. The van der Waals surface area contributed by atoms with E-state index in [0.29, 0.717) is 5.02 Å². The van der Waals surface area contributed by atoms with Gasteiger partial charge in [-0.15, -0.1) is 0 Å². The molecule has 2 N–H and O–H groups in total. The molecule has 2 unspecified atom stereocenters. The lowest BCUT2D eigenvalue weighted by atomic mass is 10.0. The minimum Gasteiger partial charge on any atom is -0.475 e. The number of benzene rings is 1. The topological polar surface area (TPSA) is 88.8 Å². The molecule has 2 aromatic rings. The van der Waals surface area contributed by atoms with Gasteiger partial charge in [0.15, 0.2) is 5.76 Å². The first-order chi connectivity index (χ1) is 10.9. The van der Waals surface area contributed by atoms with Gasteiger partial charge in [0.1, 0.15) is 6.10 Å². The molecule has 0 aliphatic rings. The Morgan fingerprint density at radius 2 is 1.78 bits per heavy atom. The summed E-state index contributed by atoms with van der Waals surface area (Å²) in [5, 5.41) is 12.1. The molecule has 0 radical (unpaired) electrons. The summed E-state index contributed by atoms with van der Waals surface area (Å²) < 4.78 is 10.4. The number of halogens is 1. The van der Waals surface area contributed by atoms with Crippen LogP contribution in [0.25, 0.3) is 0 Å². The van der Waals surface area contributed by atoms with Gasteiger partial charge in [0.2, 0.25) is 5.76 Å². The number of carboxylic acid groups (broad SMARTS) is 1. The van der Waals surface area contributed by atoms with Gasteiger partial charge in [-0.3, -0.25) is 4.79 Å². The van der Waals surface area contributed by atoms with Crippen LogP contribution in [0.1, 0.15) is 39.7 Å². The normalized spacial score (nSPS) is 13.3. The van der Waals surface area contributed by atoms with Gasteiger partial charge >= 0.3 is 5.97 Å². The Kier molecular flexibility index (Phi) is 5.41. The number of hydrogen-bond acceptors (Lipinski definition) is 4. The van der Waals surface area contributed by atoms with Crippen molar-refractivity contribution in [1.82, 2.24) is 5.32 Å². The van der Waals surface area contributed by atoms with E-state index in [-0.39, 0.29) is 23.7 Å².